The standard InChI is InChI=1S/C24H21BrN4O2/c25-18-11-12-22(27-15-18)29-24(31)16-5-3-7-19(13-16)28-23(30)10-4-6-17-14-26-21-9-2-1-8-20(17)21/h1-3,5,7-9,11-15,26H,4,6,10H2,(H,28,30)(H,27,29,31). The summed E-state index contributed by atoms with van der Waals surface area (Å²) >= 11 is 3.31. The van der Waals surface area contributed by atoms with E-state index >= 15 is 0 Å². The molecule has 0 bridgehead atoms. The fraction of sp³-hybridized carbons (Fsp3) is 0.125. The normalized spacial score (nSPS) is 10.7. The Labute approximate surface area is 188 Å². The predicted octanol–water partition coefficient (Wildman–Crippen LogP) is 5.54. The van der Waals surface area contributed by atoms with Crippen molar-refractivity contribution in [1.82, 2.24) is 9.97 Å². The van der Waals surface area contributed by atoms with Crippen molar-refractivity contribution in [3.05, 3.63) is 88.7 Å². The molecular formula is C24H21BrN4O2. The van der Waals surface area contributed by atoms with Gasteiger partial charge in [0.2, 0.25) is 5.91 Å². The summed E-state index contributed by atoms with van der Waals surface area (Å²) in [6.45, 7) is 0. The molecule has 31 heavy (non-hydrogen) atoms. The summed E-state index contributed by atoms with van der Waals surface area (Å²) in [6, 6.07) is 18.5. The number of pyridine rings is 1. The summed E-state index contributed by atoms with van der Waals surface area (Å²) in [6.07, 6.45) is 5.58. The molecule has 0 radical (unpaired) electrons. The monoisotopic (exact) mass is 476 g/mol. The molecule has 4 rings (SSSR count). The van der Waals surface area contributed by atoms with Crippen LogP contribution >= 0.6 is 15.9 Å². The molecule has 4 aromatic rings. The summed E-state index contributed by atoms with van der Waals surface area (Å²) in [5, 5.41) is 6.82. The molecule has 0 saturated heterocycles. The molecule has 0 unspecified atom stereocenters. The van der Waals surface area contributed by atoms with Crippen molar-refractivity contribution in [1.29, 1.82) is 0 Å². The number of aryl methyl sites for hydroxylation is 1. The fourth-order valence-corrected chi connectivity index (χ4v) is 3.61. The molecule has 0 saturated carbocycles. The van der Waals surface area contributed by atoms with Crippen molar-refractivity contribution in [3.63, 3.8) is 0 Å². The molecule has 2 aromatic carbocycles. The third-order valence-corrected chi connectivity index (χ3v) is 5.37. The summed E-state index contributed by atoms with van der Waals surface area (Å²) < 4.78 is 0.833. The Morgan fingerprint density at radius 3 is 2.71 bits per heavy atom. The Morgan fingerprint density at radius 1 is 1.00 bits per heavy atom. The lowest BCUT2D eigenvalue weighted by Crippen LogP contribution is -2.15. The van der Waals surface area contributed by atoms with E-state index in [1.165, 1.54) is 10.9 Å². The van der Waals surface area contributed by atoms with E-state index in [4.69, 9.17) is 0 Å². The number of para-hydroxylation sites is 1. The highest BCUT2D eigenvalue weighted by Crippen LogP contribution is 2.20. The lowest BCUT2D eigenvalue weighted by atomic mass is 10.1. The molecule has 0 atom stereocenters. The van der Waals surface area contributed by atoms with Crippen LogP contribution in [0.25, 0.3) is 10.9 Å². The number of nitrogens with one attached hydrogen (secondary N) is 3. The van der Waals surface area contributed by atoms with Crippen molar-refractivity contribution in [2.45, 2.75) is 19.3 Å². The van der Waals surface area contributed by atoms with Crippen LogP contribution in [0.5, 0.6) is 0 Å². The van der Waals surface area contributed by atoms with E-state index in [0.29, 0.717) is 23.5 Å². The number of nitrogens with zero attached hydrogens (tertiary/aromatic N) is 1. The molecule has 0 aliphatic carbocycles. The highest BCUT2D eigenvalue weighted by atomic mass is 79.9. The van der Waals surface area contributed by atoms with Crippen LogP contribution in [-0.2, 0) is 11.2 Å². The van der Waals surface area contributed by atoms with Crippen LogP contribution in [-0.4, -0.2) is 21.8 Å². The van der Waals surface area contributed by atoms with Gasteiger partial charge in [-0.25, -0.2) is 4.98 Å². The molecule has 0 spiro atoms. The van der Waals surface area contributed by atoms with Crippen molar-refractivity contribution in [2.75, 3.05) is 10.6 Å². The van der Waals surface area contributed by atoms with Crippen LogP contribution < -0.4 is 10.6 Å². The number of fused-ring (bicyclic) bond motifs is 1. The van der Waals surface area contributed by atoms with Crippen LogP contribution in [0, 0.1) is 0 Å². The van der Waals surface area contributed by atoms with E-state index in [1.54, 1.807) is 42.6 Å². The number of aromatic amines is 1. The van der Waals surface area contributed by atoms with E-state index in [1.807, 2.05) is 24.4 Å². The van der Waals surface area contributed by atoms with E-state index < -0.39 is 0 Å². The topological polar surface area (TPSA) is 86.9 Å². The molecule has 2 heterocycles. The average molecular weight is 477 g/mol. The van der Waals surface area contributed by atoms with Gasteiger partial charge in [-0.15, -0.1) is 0 Å². The molecule has 6 nitrogen and oxygen atoms in total. The van der Waals surface area contributed by atoms with Crippen LogP contribution in [0.2, 0.25) is 0 Å². The van der Waals surface area contributed by atoms with Gasteiger partial charge in [0.25, 0.3) is 5.91 Å². The second-order valence-corrected chi connectivity index (χ2v) is 8.07. The van der Waals surface area contributed by atoms with Gasteiger partial charge in [-0.3, -0.25) is 9.59 Å². The van der Waals surface area contributed by atoms with Crippen molar-refractivity contribution in [2.24, 2.45) is 0 Å². The maximum Gasteiger partial charge on any atom is 0.256 e. The summed E-state index contributed by atoms with van der Waals surface area (Å²) in [7, 11) is 0. The Balaban J connectivity index is 1.31. The first-order valence-corrected chi connectivity index (χ1v) is 10.8. The largest absolute Gasteiger partial charge is 0.361 e. The summed E-state index contributed by atoms with van der Waals surface area (Å²) in [5.41, 5.74) is 3.36. The number of aromatic nitrogens is 2. The van der Waals surface area contributed by atoms with Crippen molar-refractivity contribution >= 4 is 50.2 Å². The minimum Gasteiger partial charge on any atom is -0.361 e. The quantitative estimate of drug-likeness (QED) is 0.327. The lowest BCUT2D eigenvalue weighted by Gasteiger charge is -2.08. The first kappa shape index (κ1) is 20.8. The lowest BCUT2D eigenvalue weighted by molar-refractivity contribution is -0.116. The molecule has 0 aliphatic heterocycles. The molecular weight excluding hydrogens is 456 g/mol. The number of H-pyrrole nitrogens is 1. The summed E-state index contributed by atoms with van der Waals surface area (Å²) in [4.78, 5) is 32.2. The maximum atomic E-state index is 12.5. The highest BCUT2D eigenvalue weighted by Gasteiger charge is 2.10. The van der Waals surface area contributed by atoms with Crippen LogP contribution in [0.4, 0.5) is 11.5 Å². The third kappa shape index (κ3) is 5.38. The maximum absolute atomic E-state index is 12.5. The number of hydrogen-bond donors (Lipinski definition) is 3. The van der Waals surface area contributed by atoms with Crippen molar-refractivity contribution in [3.8, 4) is 0 Å². The van der Waals surface area contributed by atoms with Crippen LogP contribution in [0.15, 0.2) is 77.5 Å². The second-order valence-electron chi connectivity index (χ2n) is 7.16. The Hall–Kier alpha value is -3.45. The van der Waals surface area contributed by atoms with Gasteiger partial charge in [0.05, 0.1) is 0 Å². The number of rotatable bonds is 7. The van der Waals surface area contributed by atoms with Crippen LogP contribution in [0.1, 0.15) is 28.8 Å². The molecule has 3 N–H and O–H groups in total. The molecule has 7 heteroatoms. The first-order chi connectivity index (χ1) is 15.1. The Kier molecular flexibility index (Phi) is 6.43. The predicted molar refractivity (Wildman–Crippen MR) is 126 cm³/mol. The highest BCUT2D eigenvalue weighted by molar-refractivity contribution is 9.10. The number of halogens is 1. The number of carbonyl (C=O) groups is 2. The van der Waals surface area contributed by atoms with E-state index in [-0.39, 0.29) is 11.8 Å². The van der Waals surface area contributed by atoms with Gasteiger partial charge in [-0.1, -0.05) is 24.3 Å². The summed E-state index contributed by atoms with van der Waals surface area (Å²) in [5.74, 6) is 0.0946. The zero-order chi connectivity index (χ0) is 21.6. The third-order valence-electron chi connectivity index (χ3n) is 4.90. The van der Waals surface area contributed by atoms with Gasteiger partial charge in [0.1, 0.15) is 5.82 Å². The van der Waals surface area contributed by atoms with Gasteiger partial charge in [-0.05, 0) is 70.7 Å². The van der Waals surface area contributed by atoms with Crippen molar-refractivity contribution < 1.29 is 9.59 Å². The molecule has 2 aromatic heterocycles. The smallest absolute Gasteiger partial charge is 0.256 e. The van der Waals surface area contributed by atoms with E-state index in [0.717, 1.165) is 22.8 Å². The Morgan fingerprint density at radius 2 is 1.87 bits per heavy atom. The number of hydrogen-bond acceptors (Lipinski definition) is 3. The van der Waals surface area contributed by atoms with Gasteiger partial charge in [0, 0.05) is 45.4 Å². The minimum absolute atomic E-state index is 0.0769. The molecule has 2 amide bonds. The molecule has 0 aliphatic rings. The van der Waals surface area contributed by atoms with Gasteiger partial charge >= 0.3 is 0 Å². The average Bonchev–Trinajstić information content (AvgIpc) is 3.19. The Bertz CT molecular complexity index is 1220. The number of anilines is 2. The fourth-order valence-electron chi connectivity index (χ4n) is 3.38. The number of carbonyl (C=O) groups excluding carboxylic acids is 2. The SMILES string of the molecule is O=C(CCCc1c[nH]c2ccccc12)Nc1cccc(C(=O)Nc2ccc(Br)cn2)c1. The number of benzene rings is 2. The molecule has 156 valence electrons. The second kappa shape index (κ2) is 9.57. The first-order valence-electron chi connectivity index (χ1n) is 9.96. The van der Waals surface area contributed by atoms with Gasteiger partial charge < -0.3 is 15.6 Å². The zero-order valence-electron chi connectivity index (χ0n) is 16.7. The molecule has 0 fully saturated rings. The minimum atomic E-state index is -0.287. The van der Waals surface area contributed by atoms with Crippen LogP contribution in [0.3, 0.4) is 0 Å². The van der Waals surface area contributed by atoms with Gasteiger partial charge in [-0.2, -0.15) is 0 Å². The zero-order valence-corrected chi connectivity index (χ0v) is 18.3. The van der Waals surface area contributed by atoms with E-state index in [9.17, 15) is 9.59 Å². The van der Waals surface area contributed by atoms with E-state index in [2.05, 4.69) is 42.6 Å². The number of amides is 2. The van der Waals surface area contributed by atoms with Gasteiger partial charge in [0.15, 0.2) is 0 Å².